The monoisotopic (exact) mass is 1870 g/mol. The van der Waals surface area contributed by atoms with E-state index in [4.69, 9.17) is 96.7 Å². The number of hydrogen-bond donors (Lipinski definition) is 38. The molecule has 9 fully saturated rings. The van der Waals surface area contributed by atoms with Crippen molar-refractivity contribution in [3.63, 3.8) is 0 Å². The maximum absolute atomic E-state index is 14.1. The first-order valence-corrected chi connectivity index (χ1v) is 39.1. The van der Waals surface area contributed by atoms with Crippen molar-refractivity contribution >= 4 is 23.9 Å². The summed E-state index contributed by atoms with van der Waals surface area (Å²) in [4.78, 5) is 52.1. The predicted molar refractivity (Wildman–Crippen MR) is 377 cm³/mol. The van der Waals surface area contributed by atoms with Gasteiger partial charge < -0.3 is 281 Å². The van der Waals surface area contributed by atoms with Crippen LogP contribution in [-0.4, -0.2) is 585 Å². The molecule has 0 bridgehead atoms. The van der Waals surface area contributed by atoms with Crippen LogP contribution in [0.5, 0.6) is 0 Å². The van der Waals surface area contributed by atoms with Gasteiger partial charge in [0.1, 0.15) is 220 Å². The van der Waals surface area contributed by atoms with Crippen molar-refractivity contribution in [2.75, 3.05) is 59.5 Å². The molecule has 0 amide bonds. The van der Waals surface area contributed by atoms with Gasteiger partial charge in [-0.1, -0.05) is 0 Å². The zero-order chi connectivity index (χ0) is 94.7. The third kappa shape index (κ3) is 23.0. The number of carboxylic acids is 4. The van der Waals surface area contributed by atoms with Crippen LogP contribution in [0.2, 0.25) is 0 Å². The first-order chi connectivity index (χ1) is 59.5. The normalized spacial score (nSPS) is 47.0. The summed E-state index contributed by atoms with van der Waals surface area (Å²) in [6.45, 7) is -12.1. The molecule has 9 saturated heterocycles. The van der Waals surface area contributed by atoms with Crippen LogP contribution in [0.3, 0.4) is 0 Å². The van der Waals surface area contributed by atoms with Gasteiger partial charge in [0.15, 0.2) is 56.2 Å². The van der Waals surface area contributed by atoms with Gasteiger partial charge >= 0.3 is 23.9 Å². The molecular formula is C67H112N2O58. The van der Waals surface area contributed by atoms with Crippen LogP contribution in [0.4, 0.5) is 0 Å². The Morgan fingerprint density at radius 3 is 1.29 bits per heavy atom. The lowest BCUT2D eigenvalue weighted by Gasteiger charge is -2.53. The smallest absolute Gasteiger partial charge is 0.364 e. The lowest BCUT2D eigenvalue weighted by molar-refractivity contribution is -0.418. The Kier molecular flexibility index (Phi) is 37.7. The van der Waals surface area contributed by atoms with Gasteiger partial charge in [-0.15, -0.1) is 0 Å². The van der Waals surface area contributed by atoms with E-state index in [0.29, 0.717) is 0 Å². The van der Waals surface area contributed by atoms with E-state index in [0.717, 1.165) is 0 Å². The highest BCUT2D eigenvalue weighted by molar-refractivity contribution is 5.77. The van der Waals surface area contributed by atoms with Gasteiger partial charge in [0.05, 0.1) is 89.9 Å². The number of aliphatic hydroxyl groups excluding tert-OH is 32. The third-order valence-corrected chi connectivity index (χ3v) is 22.8. The van der Waals surface area contributed by atoms with E-state index >= 15 is 0 Å². The molecule has 0 aromatic rings. The first-order valence-electron chi connectivity index (χ1n) is 39.1. The minimum absolute atomic E-state index is 0.910. The molecule has 738 valence electrons. The van der Waals surface area contributed by atoms with Crippen molar-refractivity contribution in [1.82, 2.24) is 0 Å². The molecule has 0 unspecified atom stereocenters. The first kappa shape index (κ1) is 106. The average molecular weight is 1870 g/mol. The van der Waals surface area contributed by atoms with Gasteiger partial charge in [-0.3, -0.25) is 0 Å². The second kappa shape index (κ2) is 45.0. The van der Waals surface area contributed by atoms with Gasteiger partial charge in [0, 0.05) is 12.8 Å². The van der Waals surface area contributed by atoms with E-state index in [-0.39, 0.29) is 0 Å². The Morgan fingerprint density at radius 1 is 0.354 bits per heavy atom. The summed E-state index contributed by atoms with van der Waals surface area (Å²) in [7, 11) is 0. The summed E-state index contributed by atoms with van der Waals surface area (Å²) in [5, 5.41) is 396. The van der Waals surface area contributed by atoms with E-state index in [9.17, 15) is 203 Å². The number of ether oxygens (including phenoxy) is 18. The minimum atomic E-state index is -3.68. The standard InChI is InChI=1S/C67H112N2O58/c68-12(3-70)24(82)25(83)17(79)8-110-57-23(69)29(87)28(86)22(115-57)11-113-66(64(106)107)2-20(125-67(65(108)109)1-13(75)26(84)46(126-67)14(76)4-71)49(48(127-66)16(78)6-73)119-63-43(101)51(54(47(118-63)15(77)5-72)124-60-39(97)30(88)27(85)21(7-74)114-60)121-62-42(100)50(120-61-40(98)33(91)36(94)53(123-61)56(104)105)41(99)45(117-62)19(81)10-111-58-37(95)31(89)34(92)44(116-58)18(80)9-112-59-38(96)32(90)35(93)52(122-59)55(102)103/h12-54,57-63,70-101H,1-11,68-69H2,(H,102,103)(H,104,105)(H,106,107)(H,108,109)/t12-,13+,14+,15-,16+,17+,18-,19-,20+,21+,22+,23+,24+,25+,26+,27+,28+,29+,30-,31-,32-,33-,34-,35+,36+,37-,38+,39+,40+,41+,42-,43-,44+,45+,46+,47+,48+,49+,50-,51+,52-,53-,54+,57+,58-,59+,60-,61-,62+,63+,66+,67+/m0/s1. The predicted octanol–water partition coefficient (Wildman–Crippen LogP) is -25.3. The van der Waals surface area contributed by atoms with Crippen molar-refractivity contribution in [3.8, 4) is 0 Å². The van der Waals surface area contributed by atoms with Crippen molar-refractivity contribution in [1.29, 1.82) is 0 Å². The van der Waals surface area contributed by atoms with Gasteiger partial charge in [0.25, 0.3) is 11.6 Å². The molecule has 0 aromatic heterocycles. The molecule has 9 aliphatic rings. The quantitative estimate of drug-likeness (QED) is 0.0272. The highest BCUT2D eigenvalue weighted by atomic mass is 16.8. The average Bonchev–Trinajstić information content (AvgIpc) is 0.736. The van der Waals surface area contributed by atoms with Crippen LogP contribution in [0.25, 0.3) is 0 Å². The molecule has 0 radical (unpaired) electrons. The summed E-state index contributed by atoms with van der Waals surface area (Å²) in [5.74, 6) is -16.1. The molecule has 0 aromatic carbocycles. The van der Waals surface area contributed by atoms with Crippen LogP contribution in [-0.2, 0) is 104 Å². The zero-order valence-corrected chi connectivity index (χ0v) is 65.9. The lowest BCUT2D eigenvalue weighted by atomic mass is 9.89. The van der Waals surface area contributed by atoms with Gasteiger partial charge in [-0.2, -0.15) is 0 Å². The van der Waals surface area contributed by atoms with E-state index in [1.165, 1.54) is 0 Å². The van der Waals surface area contributed by atoms with Crippen LogP contribution in [0.15, 0.2) is 0 Å². The molecule has 9 aliphatic heterocycles. The fraction of sp³-hybridized carbons (Fsp3) is 0.940. The van der Waals surface area contributed by atoms with Crippen LogP contribution in [0, 0.1) is 0 Å². The van der Waals surface area contributed by atoms with Gasteiger partial charge in [0.2, 0.25) is 0 Å². The molecule has 52 atom stereocenters. The summed E-state index contributed by atoms with van der Waals surface area (Å²) in [6.07, 6.45) is -123. The van der Waals surface area contributed by atoms with Gasteiger partial charge in [-0.25, -0.2) is 19.2 Å². The third-order valence-electron chi connectivity index (χ3n) is 22.8. The van der Waals surface area contributed by atoms with Crippen LogP contribution in [0.1, 0.15) is 12.8 Å². The molecule has 0 spiro atoms. The fourth-order valence-electron chi connectivity index (χ4n) is 15.3. The summed E-state index contributed by atoms with van der Waals surface area (Å²) in [6, 6.07) is -3.38. The maximum Gasteiger partial charge on any atom is 0.364 e. The van der Waals surface area contributed by atoms with Crippen LogP contribution < -0.4 is 11.5 Å². The Hall–Kier alpha value is -4.20. The Morgan fingerprint density at radius 2 is 0.764 bits per heavy atom. The largest absolute Gasteiger partial charge is 0.479 e. The van der Waals surface area contributed by atoms with E-state index in [2.05, 4.69) is 0 Å². The summed E-state index contributed by atoms with van der Waals surface area (Å²) >= 11 is 0. The molecule has 0 aliphatic carbocycles. The van der Waals surface area contributed by atoms with E-state index < -0.39 is 414 Å². The molecule has 9 rings (SSSR count). The highest BCUT2D eigenvalue weighted by Gasteiger charge is 2.66. The Labute approximate surface area is 712 Å². The highest BCUT2D eigenvalue weighted by Crippen LogP contribution is 2.45. The fourth-order valence-corrected chi connectivity index (χ4v) is 15.3. The molecule has 0 saturated carbocycles. The number of nitrogens with two attached hydrogens (primary N) is 2. The van der Waals surface area contributed by atoms with Crippen molar-refractivity contribution < 1.29 is 288 Å². The number of carboxylic acid groups (broad SMARTS) is 4. The maximum atomic E-state index is 14.1. The van der Waals surface area contributed by atoms with Crippen molar-refractivity contribution in [2.24, 2.45) is 11.5 Å². The summed E-state index contributed by atoms with van der Waals surface area (Å²) < 4.78 is 103. The SMILES string of the molecule is N[C@H]1[C@H](OC[C@@H](O)[C@@H](O)[C@H](O)[C@@H](N)CO)O[C@H](CO[C@]2(C(=O)O)C[C@@H](O[C@]3(C(=O)O)C[C@@H](O)[C@@H](O)[C@@H]([C@H](O)CO)O3)[C@@H](O[C@H]3O[C@H]([C@@H](O)CO)[C@@H](O[C@@H]4O[C@H](CO)[C@@H](O)[C@H](O)[C@H]4O)[C@H](O[C@H]4O[C@H]([C@@H](O)CO[C@H]5O[C@H]([C@@H](O)CO[C@@H]6O[C@H](C(=O)O)[C@H](O)[C@H](O)[C@H]6O)[C@@H](O)[C@H](O)[C@@H]5O)[C@@H](O)[C@H](O[C@H]5O[C@H](C(=O)O)[C@H](O)[C@H](O)[C@H]5O)[C@@H]4O)[C@@H]3O)[C@@H]([C@H](O)CO)O2)[C@@H](O)[C@@H]1O. The molecule has 127 heavy (non-hydrogen) atoms. The molecule has 9 heterocycles. The van der Waals surface area contributed by atoms with E-state index in [1.807, 2.05) is 0 Å². The van der Waals surface area contributed by atoms with Crippen molar-refractivity contribution in [3.05, 3.63) is 0 Å². The number of hydrogen-bond acceptors (Lipinski definition) is 56. The zero-order valence-electron chi connectivity index (χ0n) is 65.9. The number of carbonyl (C=O) groups is 4. The second-order valence-electron chi connectivity index (χ2n) is 31.5. The summed E-state index contributed by atoms with van der Waals surface area (Å²) in [5.41, 5.74) is 11.6. The molecule has 60 heteroatoms. The Bertz CT molecular complexity index is 3450. The topological polar surface area (TPSA) is 1010 Å². The van der Waals surface area contributed by atoms with Gasteiger partial charge in [-0.05, 0) is 0 Å². The van der Waals surface area contributed by atoms with E-state index in [1.54, 1.807) is 0 Å². The van der Waals surface area contributed by atoms with Crippen molar-refractivity contribution in [2.45, 2.75) is 331 Å². The number of aliphatic carboxylic acids is 4. The minimum Gasteiger partial charge on any atom is -0.479 e. The number of rotatable bonds is 39. The number of aliphatic hydroxyl groups is 32. The lowest BCUT2D eigenvalue weighted by Crippen LogP contribution is -2.71. The Balaban J connectivity index is 1.12. The molecule has 60 nitrogen and oxygen atoms in total. The second-order valence-corrected chi connectivity index (χ2v) is 31.5. The van der Waals surface area contributed by atoms with Crippen LogP contribution >= 0.6 is 0 Å². The molecular weight excluding hydrogens is 1760 g/mol. The molecule has 40 N–H and O–H groups in total.